The minimum Gasteiger partial charge on any atom is -0.511 e. The zero-order chi connectivity index (χ0) is 26.7. The molecule has 5 aliphatic rings. The average Bonchev–Trinajstić information content (AvgIpc) is 3.12. The number of ether oxygens (including phenoxy) is 2. The van der Waals surface area contributed by atoms with E-state index in [1.165, 1.54) is 13.8 Å². The highest BCUT2D eigenvalue weighted by Crippen LogP contribution is 2.84. The Morgan fingerprint density at radius 3 is 1.39 bits per heavy atom. The number of hydrogen-bond acceptors (Lipinski definition) is 8. The van der Waals surface area contributed by atoms with E-state index in [0.717, 1.165) is 0 Å². The number of allylic oxidation sites excluding steroid dienone is 4. The Balaban J connectivity index is 1.83. The van der Waals surface area contributed by atoms with Crippen molar-refractivity contribution in [3.63, 3.8) is 0 Å². The van der Waals surface area contributed by atoms with Gasteiger partial charge in [-0.1, -0.05) is 24.3 Å². The molecular weight excluding hydrogens is 464 g/mol. The zero-order valence-corrected chi connectivity index (χ0v) is 21.7. The van der Waals surface area contributed by atoms with Gasteiger partial charge in [0, 0.05) is 35.8 Å². The molecule has 8 bridgehead atoms. The predicted octanol–water partition coefficient (Wildman–Crippen LogP) is 3.70. The number of carbonyl (C=O) groups excluding carboxylic acids is 2. The fourth-order valence-corrected chi connectivity index (χ4v) is 8.37. The summed E-state index contributed by atoms with van der Waals surface area (Å²) >= 11 is 0. The molecular formula is C28H36O8. The van der Waals surface area contributed by atoms with E-state index in [-0.39, 0.29) is 47.1 Å². The lowest BCUT2D eigenvalue weighted by atomic mass is 9.42. The number of aliphatic hydroxyl groups is 4. The Hall–Kier alpha value is -2.26. The smallest absolute Gasteiger partial charge is 0.209 e. The van der Waals surface area contributed by atoms with Gasteiger partial charge in [-0.05, 0) is 54.4 Å². The number of aliphatic hydroxyl groups excluding tert-OH is 2. The fourth-order valence-electron chi connectivity index (χ4n) is 8.37. The normalized spacial score (nSPS) is 48.3. The summed E-state index contributed by atoms with van der Waals surface area (Å²) in [6.45, 7) is 9.84. The molecule has 1 saturated carbocycles. The lowest BCUT2D eigenvalue weighted by molar-refractivity contribution is -0.452. The summed E-state index contributed by atoms with van der Waals surface area (Å²) < 4.78 is 12.6. The van der Waals surface area contributed by atoms with Crippen LogP contribution in [0.15, 0.2) is 47.0 Å². The molecule has 0 aromatic rings. The van der Waals surface area contributed by atoms with Crippen molar-refractivity contribution in [2.24, 2.45) is 22.7 Å². The summed E-state index contributed by atoms with van der Waals surface area (Å²) in [7, 11) is 0. The highest BCUT2D eigenvalue weighted by molar-refractivity contribution is 6.01. The molecule has 3 aliphatic carbocycles. The summed E-state index contributed by atoms with van der Waals surface area (Å²) in [6.07, 6.45) is 8.37. The van der Waals surface area contributed by atoms with Crippen LogP contribution < -0.4 is 0 Å². The molecule has 5 rings (SSSR count). The number of carbonyl (C=O) groups is 2. The van der Waals surface area contributed by atoms with Gasteiger partial charge >= 0.3 is 0 Å². The second-order valence-corrected chi connectivity index (χ2v) is 11.6. The maximum atomic E-state index is 13.6. The monoisotopic (exact) mass is 500 g/mol. The van der Waals surface area contributed by atoms with Gasteiger partial charge in [0.2, 0.25) is 11.6 Å². The fraction of sp³-hybridized carbons (Fsp3) is 0.643. The quantitative estimate of drug-likeness (QED) is 0.371. The molecule has 2 aliphatic heterocycles. The van der Waals surface area contributed by atoms with Gasteiger partial charge in [-0.2, -0.15) is 0 Å². The topological polar surface area (TPSA) is 134 Å². The molecule has 0 radical (unpaired) electrons. The standard InChI is InChI=1S/C28H36O8/c1-7-9-11-13-15(29)17-19-23(3)22(32)18(16(30)14-12-10-8-2)20-24(4,21(17)31)28(34)25(19,5)35-27(23,33)26(20,6)36-28/h7-10,19-20,31-34H,11-14H2,1-6H3. The molecule has 8 atom stereocenters. The molecule has 8 nitrogen and oxygen atoms in total. The number of Topliss-reactive ketones (excluding diaryl/α,β-unsaturated/α-hetero) is 2. The van der Waals surface area contributed by atoms with Crippen molar-refractivity contribution in [2.45, 2.75) is 90.0 Å². The molecule has 0 amide bonds. The van der Waals surface area contributed by atoms with Crippen LogP contribution in [0, 0.1) is 22.7 Å². The van der Waals surface area contributed by atoms with Crippen molar-refractivity contribution >= 4 is 11.6 Å². The van der Waals surface area contributed by atoms with Crippen molar-refractivity contribution in [2.75, 3.05) is 0 Å². The number of rotatable bonds is 8. The van der Waals surface area contributed by atoms with Crippen LogP contribution in [0.5, 0.6) is 0 Å². The van der Waals surface area contributed by atoms with E-state index < -0.39 is 45.4 Å². The van der Waals surface area contributed by atoms with Gasteiger partial charge in [0.05, 0.1) is 10.8 Å². The summed E-state index contributed by atoms with van der Waals surface area (Å²) in [4.78, 5) is 27.3. The molecule has 4 N–H and O–H groups in total. The van der Waals surface area contributed by atoms with E-state index in [1.807, 2.05) is 38.2 Å². The van der Waals surface area contributed by atoms with Crippen LogP contribution in [0.3, 0.4) is 0 Å². The zero-order valence-electron chi connectivity index (χ0n) is 21.7. The Morgan fingerprint density at radius 2 is 1.08 bits per heavy atom. The van der Waals surface area contributed by atoms with Crippen LogP contribution in [-0.4, -0.2) is 54.8 Å². The summed E-state index contributed by atoms with van der Waals surface area (Å²) in [6, 6.07) is 0. The maximum Gasteiger partial charge on any atom is 0.209 e. The third kappa shape index (κ3) is 2.24. The van der Waals surface area contributed by atoms with Crippen LogP contribution in [0.25, 0.3) is 0 Å². The Morgan fingerprint density at radius 1 is 0.750 bits per heavy atom. The van der Waals surface area contributed by atoms with Gasteiger partial charge in [0.25, 0.3) is 0 Å². The molecule has 2 heterocycles. The van der Waals surface area contributed by atoms with Crippen molar-refractivity contribution in [3.8, 4) is 0 Å². The Bertz CT molecular complexity index is 1100. The third-order valence-electron chi connectivity index (χ3n) is 9.95. The molecule has 0 spiro atoms. The van der Waals surface area contributed by atoms with Crippen LogP contribution in [0.4, 0.5) is 0 Å². The molecule has 3 fully saturated rings. The highest BCUT2D eigenvalue weighted by Gasteiger charge is 2.97. The number of hydrogen-bond donors (Lipinski definition) is 4. The summed E-state index contributed by atoms with van der Waals surface area (Å²) in [5, 5.41) is 48.1. The van der Waals surface area contributed by atoms with Gasteiger partial charge in [0.1, 0.15) is 22.7 Å². The molecule has 196 valence electrons. The van der Waals surface area contributed by atoms with E-state index in [4.69, 9.17) is 9.47 Å². The SMILES string of the molecule is CC=CCCC(=O)C1=C(O)C2(C)C3C(C(=O)CCC=CC)=C(O)C4(C)C1C1(C)OC4(O)C3(C)OC12O. The first kappa shape index (κ1) is 25.4. The van der Waals surface area contributed by atoms with E-state index >= 15 is 0 Å². The molecule has 0 aromatic carbocycles. The van der Waals surface area contributed by atoms with Crippen LogP contribution in [0.1, 0.15) is 67.2 Å². The van der Waals surface area contributed by atoms with Crippen molar-refractivity contribution in [3.05, 3.63) is 47.0 Å². The van der Waals surface area contributed by atoms with Gasteiger partial charge < -0.3 is 29.9 Å². The van der Waals surface area contributed by atoms with E-state index in [0.29, 0.717) is 12.8 Å². The molecule has 8 heteroatoms. The van der Waals surface area contributed by atoms with Crippen LogP contribution in [-0.2, 0) is 19.1 Å². The van der Waals surface area contributed by atoms with Crippen LogP contribution in [0.2, 0.25) is 0 Å². The maximum absolute atomic E-state index is 13.6. The number of ketones is 2. The third-order valence-corrected chi connectivity index (χ3v) is 9.95. The van der Waals surface area contributed by atoms with Crippen molar-refractivity contribution in [1.29, 1.82) is 0 Å². The summed E-state index contributed by atoms with van der Waals surface area (Å²) in [5.74, 6) is -8.17. The van der Waals surface area contributed by atoms with Gasteiger partial charge in [-0.3, -0.25) is 9.59 Å². The lowest BCUT2D eigenvalue weighted by Gasteiger charge is -2.58. The largest absolute Gasteiger partial charge is 0.511 e. The summed E-state index contributed by atoms with van der Waals surface area (Å²) in [5.41, 5.74) is -6.85. The first-order valence-corrected chi connectivity index (χ1v) is 12.7. The highest BCUT2D eigenvalue weighted by atomic mass is 16.8. The van der Waals surface area contributed by atoms with E-state index in [9.17, 15) is 30.0 Å². The minimum absolute atomic E-state index is 0.0112. The second kappa shape index (κ2) is 7.19. The minimum atomic E-state index is -2.18. The van der Waals surface area contributed by atoms with Crippen molar-refractivity contribution in [1.82, 2.24) is 0 Å². The first-order chi connectivity index (χ1) is 16.7. The Labute approximate surface area is 211 Å². The van der Waals surface area contributed by atoms with E-state index in [1.54, 1.807) is 13.8 Å². The molecule has 36 heavy (non-hydrogen) atoms. The molecule has 8 unspecified atom stereocenters. The van der Waals surface area contributed by atoms with Gasteiger partial charge in [-0.15, -0.1) is 0 Å². The molecule has 0 aromatic heterocycles. The predicted molar refractivity (Wildman–Crippen MR) is 129 cm³/mol. The van der Waals surface area contributed by atoms with Crippen molar-refractivity contribution < 1.29 is 39.5 Å². The lowest BCUT2D eigenvalue weighted by Crippen LogP contribution is -2.70. The van der Waals surface area contributed by atoms with Crippen LogP contribution >= 0.6 is 0 Å². The average molecular weight is 501 g/mol. The van der Waals surface area contributed by atoms with Gasteiger partial charge in [-0.25, -0.2) is 0 Å². The second-order valence-electron chi connectivity index (χ2n) is 11.6. The first-order valence-electron chi connectivity index (χ1n) is 12.7. The molecule has 2 saturated heterocycles. The van der Waals surface area contributed by atoms with Gasteiger partial charge in [0.15, 0.2) is 11.6 Å². The Kier molecular flexibility index (Phi) is 5.07. The van der Waals surface area contributed by atoms with E-state index in [2.05, 4.69) is 0 Å².